The SMILES string of the molecule is CC(NC(=O)C1(CN)CCOCC1)c1cccc(Cl)c1. The van der Waals surface area contributed by atoms with Gasteiger partial charge in [-0.05, 0) is 37.5 Å². The van der Waals surface area contributed by atoms with Crippen LogP contribution in [0.4, 0.5) is 0 Å². The molecule has 1 unspecified atom stereocenters. The summed E-state index contributed by atoms with van der Waals surface area (Å²) < 4.78 is 5.33. The molecule has 4 nitrogen and oxygen atoms in total. The number of benzene rings is 1. The van der Waals surface area contributed by atoms with Crippen molar-refractivity contribution in [2.75, 3.05) is 19.8 Å². The molecular formula is C15H21ClN2O2. The molecule has 1 aliphatic rings. The summed E-state index contributed by atoms with van der Waals surface area (Å²) in [5, 5.41) is 3.72. The molecule has 20 heavy (non-hydrogen) atoms. The molecule has 5 heteroatoms. The van der Waals surface area contributed by atoms with Gasteiger partial charge >= 0.3 is 0 Å². The molecule has 1 heterocycles. The van der Waals surface area contributed by atoms with E-state index in [9.17, 15) is 4.79 Å². The number of rotatable bonds is 4. The van der Waals surface area contributed by atoms with E-state index in [0.29, 0.717) is 37.6 Å². The summed E-state index contributed by atoms with van der Waals surface area (Å²) in [6.07, 6.45) is 1.36. The first-order valence-electron chi connectivity index (χ1n) is 6.92. The third-order valence-corrected chi connectivity index (χ3v) is 4.25. The maximum atomic E-state index is 12.5. The summed E-state index contributed by atoms with van der Waals surface area (Å²) in [6, 6.07) is 7.43. The molecule has 0 aliphatic carbocycles. The second kappa shape index (κ2) is 6.57. The number of hydrogen-bond acceptors (Lipinski definition) is 3. The molecule has 0 saturated carbocycles. The quantitative estimate of drug-likeness (QED) is 0.896. The third-order valence-electron chi connectivity index (χ3n) is 4.02. The fraction of sp³-hybridized carbons (Fsp3) is 0.533. The maximum Gasteiger partial charge on any atom is 0.228 e. The first kappa shape index (κ1) is 15.3. The topological polar surface area (TPSA) is 64.4 Å². The van der Waals surface area contributed by atoms with Crippen LogP contribution in [0.2, 0.25) is 5.02 Å². The van der Waals surface area contributed by atoms with Crippen LogP contribution in [-0.2, 0) is 9.53 Å². The second-order valence-corrected chi connectivity index (χ2v) is 5.78. The summed E-state index contributed by atoms with van der Waals surface area (Å²) in [5.41, 5.74) is 6.34. The van der Waals surface area contributed by atoms with Crippen molar-refractivity contribution in [1.82, 2.24) is 5.32 Å². The molecule has 1 saturated heterocycles. The number of hydrogen-bond donors (Lipinski definition) is 2. The lowest BCUT2D eigenvalue weighted by Gasteiger charge is -2.35. The van der Waals surface area contributed by atoms with Crippen molar-refractivity contribution in [2.24, 2.45) is 11.1 Å². The Balaban J connectivity index is 2.06. The summed E-state index contributed by atoms with van der Waals surface area (Å²) in [4.78, 5) is 12.5. The number of nitrogens with one attached hydrogen (secondary N) is 1. The van der Waals surface area contributed by atoms with Crippen LogP contribution >= 0.6 is 11.6 Å². The van der Waals surface area contributed by atoms with E-state index >= 15 is 0 Å². The minimum absolute atomic E-state index is 0.00998. The predicted molar refractivity (Wildman–Crippen MR) is 79.6 cm³/mol. The van der Waals surface area contributed by atoms with Gasteiger partial charge in [0.15, 0.2) is 0 Å². The van der Waals surface area contributed by atoms with Gasteiger partial charge in [0, 0.05) is 24.8 Å². The zero-order chi connectivity index (χ0) is 14.6. The van der Waals surface area contributed by atoms with E-state index in [-0.39, 0.29) is 11.9 Å². The zero-order valence-corrected chi connectivity index (χ0v) is 12.5. The van der Waals surface area contributed by atoms with Crippen molar-refractivity contribution in [3.05, 3.63) is 34.9 Å². The van der Waals surface area contributed by atoms with Crippen LogP contribution in [0.25, 0.3) is 0 Å². The van der Waals surface area contributed by atoms with Crippen LogP contribution in [-0.4, -0.2) is 25.7 Å². The van der Waals surface area contributed by atoms with Crippen molar-refractivity contribution >= 4 is 17.5 Å². The third kappa shape index (κ3) is 3.32. The van der Waals surface area contributed by atoms with Gasteiger partial charge in [-0.1, -0.05) is 23.7 Å². The molecule has 1 aromatic carbocycles. The number of carbonyl (C=O) groups is 1. The maximum absolute atomic E-state index is 12.5. The van der Waals surface area contributed by atoms with Crippen molar-refractivity contribution in [1.29, 1.82) is 0 Å². The molecule has 0 aromatic heterocycles. The highest BCUT2D eigenvalue weighted by molar-refractivity contribution is 6.30. The lowest BCUT2D eigenvalue weighted by atomic mass is 9.79. The van der Waals surface area contributed by atoms with Crippen molar-refractivity contribution in [3.8, 4) is 0 Å². The lowest BCUT2D eigenvalue weighted by Crippen LogP contribution is -2.49. The highest BCUT2D eigenvalue weighted by Crippen LogP contribution is 2.30. The van der Waals surface area contributed by atoms with Crippen molar-refractivity contribution in [2.45, 2.75) is 25.8 Å². The highest BCUT2D eigenvalue weighted by Gasteiger charge is 2.39. The Morgan fingerprint density at radius 1 is 1.50 bits per heavy atom. The summed E-state index contributed by atoms with van der Waals surface area (Å²) in [6.45, 7) is 3.49. The van der Waals surface area contributed by atoms with Gasteiger partial charge in [-0.15, -0.1) is 0 Å². The first-order chi connectivity index (χ1) is 9.57. The summed E-state index contributed by atoms with van der Waals surface area (Å²) >= 11 is 5.98. The van der Waals surface area contributed by atoms with Crippen LogP contribution in [0, 0.1) is 5.41 Å². The smallest absolute Gasteiger partial charge is 0.228 e. The van der Waals surface area contributed by atoms with Crippen LogP contribution in [0.15, 0.2) is 24.3 Å². The Labute approximate surface area is 124 Å². The van der Waals surface area contributed by atoms with Crippen molar-refractivity contribution in [3.63, 3.8) is 0 Å². The monoisotopic (exact) mass is 296 g/mol. The average Bonchev–Trinajstić information content (AvgIpc) is 2.47. The number of amides is 1. The van der Waals surface area contributed by atoms with Gasteiger partial charge in [0.2, 0.25) is 5.91 Å². The normalized spacial score (nSPS) is 19.4. The molecule has 110 valence electrons. The Kier molecular flexibility index (Phi) is 5.02. The van der Waals surface area contributed by atoms with Gasteiger partial charge in [0.1, 0.15) is 0 Å². The van der Waals surface area contributed by atoms with E-state index in [1.54, 1.807) is 0 Å². The number of nitrogens with two attached hydrogens (primary N) is 1. The standard InChI is InChI=1S/C15H21ClN2O2/c1-11(12-3-2-4-13(16)9-12)18-14(19)15(10-17)5-7-20-8-6-15/h2-4,9,11H,5-8,10,17H2,1H3,(H,18,19). The van der Waals surface area contributed by atoms with Crippen LogP contribution in [0.3, 0.4) is 0 Å². The summed E-state index contributed by atoms with van der Waals surface area (Å²) in [7, 11) is 0. The van der Waals surface area contributed by atoms with E-state index in [1.165, 1.54) is 0 Å². The molecule has 1 fully saturated rings. The number of carbonyl (C=O) groups excluding carboxylic acids is 1. The van der Waals surface area contributed by atoms with E-state index in [4.69, 9.17) is 22.1 Å². The average molecular weight is 297 g/mol. The van der Waals surface area contributed by atoms with Crippen molar-refractivity contribution < 1.29 is 9.53 Å². The molecule has 1 aliphatic heterocycles. The molecule has 2 rings (SSSR count). The van der Waals surface area contributed by atoms with Crippen LogP contribution < -0.4 is 11.1 Å². The van der Waals surface area contributed by atoms with Gasteiger partial charge in [-0.2, -0.15) is 0 Å². The van der Waals surface area contributed by atoms with Gasteiger partial charge in [0.25, 0.3) is 0 Å². The number of ether oxygens (including phenoxy) is 1. The summed E-state index contributed by atoms with van der Waals surface area (Å²) in [5.74, 6) is 0.00998. The molecule has 1 amide bonds. The second-order valence-electron chi connectivity index (χ2n) is 5.35. The Bertz CT molecular complexity index is 473. The zero-order valence-electron chi connectivity index (χ0n) is 11.7. The van der Waals surface area contributed by atoms with Crippen LogP contribution in [0.5, 0.6) is 0 Å². The number of halogens is 1. The van der Waals surface area contributed by atoms with E-state index < -0.39 is 5.41 Å². The highest BCUT2D eigenvalue weighted by atomic mass is 35.5. The van der Waals surface area contributed by atoms with Crippen LogP contribution in [0.1, 0.15) is 31.4 Å². The fourth-order valence-corrected chi connectivity index (χ4v) is 2.69. The van der Waals surface area contributed by atoms with E-state index in [1.807, 2.05) is 31.2 Å². The minimum Gasteiger partial charge on any atom is -0.381 e. The molecular weight excluding hydrogens is 276 g/mol. The van der Waals surface area contributed by atoms with E-state index in [2.05, 4.69) is 5.32 Å². The van der Waals surface area contributed by atoms with E-state index in [0.717, 1.165) is 5.56 Å². The van der Waals surface area contributed by atoms with Gasteiger partial charge in [-0.3, -0.25) is 4.79 Å². The Morgan fingerprint density at radius 2 is 2.20 bits per heavy atom. The fourth-order valence-electron chi connectivity index (χ4n) is 2.50. The van der Waals surface area contributed by atoms with Gasteiger partial charge in [0.05, 0.1) is 11.5 Å². The lowest BCUT2D eigenvalue weighted by molar-refractivity contribution is -0.136. The Hall–Kier alpha value is -1.10. The molecule has 0 radical (unpaired) electrons. The Morgan fingerprint density at radius 3 is 2.80 bits per heavy atom. The molecule has 1 atom stereocenters. The molecule has 0 bridgehead atoms. The first-order valence-corrected chi connectivity index (χ1v) is 7.29. The van der Waals surface area contributed by atoms with Gasteiger partial charge < -0.3 is 15.8 Å². The molecule has 0 spiro atoms. The largest absolute Gasteiger partial charge is 0.381 e. The minimum atomic E-state index is -0.495. The predicted octanol–water partition coefficient (Wildman–Crippen LogP) is 2.27. The van der Waals surface area contributed by atoms with Gasteiger partial charge in [-0.25, -0.2) is 0 Å². The molecule has 1 aromatic rings. The molecule has 3 N–H and O–H groups in total.